The maximum atomic E-state index is 6.04. The maximum Gasteiger partial charge on any atom is 0.0704 e. The van der Waals surface area contributed by atoms with E-state index in [1.165, 1.54) is 17.4 Å². The van der Waals surface area contributed by atoms with Gasteiger partial charge in [-0.2, -0.15) is 0 Å². The van der Waals surface area contributed by atoms with Crippen LogP contribution >= 0.6 is 0 Å². The number of hydrogen-bond acceptors (Lipinski definition) is 2. The van der Waals surface area contributed by atoms with Crippen LogP contribution in [-0.4, -0.2) is 11.0 Å². The number of pyridine rings is 1. The van der Waals surface area contributed by atoms with Crippen molar-refractivity contribution in [1.29, 1.82) is 0 Å². The lowest BCUT2D eigenvalue weighted by Gasteiger charge is -2.24. The SMILES string of the molecule is CC1(c2ccc3cccnc3c2)CCC(N)C1. The van der Waals surface area contributed by atoms with Gasteiger partial charge in [-0.15, -0.1) is 0 Å². The average Bonchev–Trinajstić information content (AvgIpc) is 2.70. The van der Waals surface area contributed by atoms with E-state index in [0.29, 0.717) is 6.04 Å². The van der Waals surface area contributed by atoms with Crippen LogP contribution in [0.2, 0.25) is 0 Å². The molecule has 1 aliphatic rings. The molecular weight excluding hydrogens is 208 g/mol. The molecule has 88 valence electrons. The van der Waals surface area contributed by atoms with E-state index in [1.807, 2.05) is 12.3 Å². The minimum Gasteiger partial charge on any atom is -0.328 e. The van der Waals surface area contributed by atoms with Crippen LogP contribution in [-0.2, 0) is 5.41 Å². The molecule has 2 nitrogen and oxygen atoms in total. The van der Waals surface area contributed by atoms with Crippen molar-refractivity contribution in [3.05, 3.63) is 42.1 Å². The Labute approximate surface area is 102 Å². The molecule has 1 saturated carbocycles. The summed E-state index contributed by atoms with van der Waals surface area (Å²) in [7, 11) is 0. The van der Waals surface area contributed by atoms with Crippen LogP contribution in [0.1, 0.15) is 31.7 Å². The van der Waals surface area contributed by atoms with Crippen molar-refractivity contribution in [3.8, 4) is 0 Å². The second-order valence-corrected chi connectivity index (χ2v) is 5.47. The summed E-state index contributed by atoms with van der Waals surface area (Å²) in [6.07, 6.45) is 5.27. The van der Waals surface area contributed by atoms with Gasteiger partial charge in [0.05, 0.1) is 5.52 Å². The molecule has 0 radical (unpaired) electrons. The average molecular weight is 226 g/mol. The van der Waals surface area contributed by atoms with Crippen molar-refractivity contribution < 1.29 is 0 Å². The number of aromatic nitrogens is 1. The van der Waals surface area contributed by atoms with Gasteiger partial charge in [0.25, 0.3) is 0 Å². The molecule has 2 N–H and O–H groups in total. The maximum absolute atomic E-state index is 6.04. The molecule has 0 amide bonds. The first-order valence-electron chi connectivity index (χ1n) is 6.28. The first-order chi connectivity index (χ1) is 8.17. The zero-order valence-corrected chi connectivity index (χ0v) is 10.2. The Morgan fingerprint density at radius 3 is 3.00 bits per heavy atom. The Balaban J connectivity index is 2.06. The number of benzene rings is 1. The van der Waals surface area contributed by atoms with Crippen LogP contribution in [0.3, 0.4) is 0 Å². The van der Waals surface area contributed by atoms with Crippen molar-refractivity contribution in [1.82, 2.24) is 4.98 Å². The summed E-state index contributed by atoms with van der Waals surface area (Å²) in [5, 5.41) is 1.21. The van der Waals surface area contributed by atoms with Crippen molar-refractivity contribution >= 4 is 10.9 Å². The largest absolute Gasteiger partial charge is 0.328 e. The first kappa shape index (κ1) is 10.7. The minimum absolute atomic E-state index is 0.241. The summed E-state index contributed by atoms with van der Waals surface area (Å²) in [5.41, 5.74) is 8.76. The van der Waals surface area contributed by atoms with E-state index in [0.717, 1.165) is 18.4 Å². The fourth-order valence-corrected chi connectivity index (χ4v) is 2.99. The van der Waals surface area contributed by atoms with Crippen molar-refractivity contribution in [3.63, 3.8) is 0 Å². The highest BCUT2D eigenvalue weighted by atomic mass is 14.7. The molecule has 1 heterocycles. The highest BCUT2D eigenvalue weighted by Crippen LogP contribution is 2.40. The summed E-state index contributed by atoms with van der Waals surface area (Å²) < 4.78 is 0. The van der Waals surface area contributed by atoms with Crippen LogP contribution in [0.4, 0.5) is 0 Å². The molecule has 17 heavy (non-hydrogen) atoms. The molecule has 2 aromatic rings. The van der Waals surface area contributed by atoms with Gasteiger partial charge in [0.15, 0.2) is 0 Å². The standard InChI is InChI=1S/C15H18N2/c1-15(7-6-13(16)10-15)12-5-4-11-3-2-8-17-14(11)9-12/h2-5,8-9,13H,6-7,10,16H2,1H3. The van der Waals surface area contributed by atoms with Crippen LogP contribution in [0.25, 0.3) is 10.9 Å². The molecule has 1 aliphatic carbocycles. The molecule has 0 saturated heterocycles. The summed E-state index contributed by atoms with van der Waals surface area (Å²) in [5.74, 6) is 0. The van der Waals surface area contributed by atoms with Gasteiger partial charge in [0.1, 0.15) is 0 Å². The number of nitrogens with zero attached hydrogens (tertiary/aromatic N) is 1. The quantitative estimate of drug-likeness (QED) is 0.811. The van der Waals surface area contributed by atoms with Gasteiger partial charge in [-0.25, -0.2) is 0 Å². The number of fused-ring (bicyclic) bond motifs is 1. The topological polar surface area (TPSA) is 38.9 Å². The summed E-state index contributed by atoms with van der Waals surface area (Å²) in [6, 6.07) is 11.1. The third kappa shape index (κ3) is 1.83. The van der Waals surface area contributed by atoms with E-state index in [4.69, 9.17) is 5.73 Å². The molecule has 0 bridgehead atoms. The Morgan fingerprint density at radius 1 is 1.35 bits per heavy atom. The fourth-order valence-electron chi connectivity index (χ4n) is 2.99. The molecule has 0 spiro atoms. The van der Waals surface area contributed by atoms with Crippen molar-refractivity contribution in [2.75, 3.05) is 0 Å². The third-order valence-corrected chi connectivity index (χ3v) is 4.08. The van der Waals surface area contributed by atoms with Crippen molar-refractivity contribution in [2.24, 2.45) is 5.73 Å². The minimum atomic E-state index is 0.241. The monoisotopic (exact) mass is 226 g/mol. The fraction of sp³-hybridized carbons (Fsp3) is 0.400. The third-order valence-electron chi connectivity index (χ3n) is 4.08. The lowest BCUT2D eigenvalue weighted by Crippen LogP contribution is -2.22. The summed E-state index contributed by atoms with van der Waals surface area (Å²) in [6.45, 7) is 2.32. The van der Waals surface area contributed by atoms with E-state index in [9.17, 15) is 0 Å². The lowest BCUT2D eigenvalue weighted by atomic mass is 9.80. The lowest BCUT2D eigenvalue weighted by molar-refractivity contribution is 0.482. The Morgan fingerprint density at radius 2 is 2.24 bits per heavy atom. The normalized spacial score (nSPS) is 28.7. The van der Waals surface area contributed by atoms with Crippen LogP contribution in [0.5, 0.6) is 0 Å². The van der Waals surface area contributed by atoms with E-state index in [-0.39, 0.29) is 5.41 Å². The molecule has 1 aromatic heterocycles. The second kappa shape index (κ2) is 3.81. The summed E-state index contributed by atoms with van der Waals surface area (Å²) >= 11 is 0. The number of nitrogens with two attached hydrogens (primary N) is 1. The van der Waals surface area contributed by atoms with Gasteiger partial charge in [-0.1, -0.05) is 25.1 Å². The molecule has 3 rings (SSSR count). The highest BCUT2D eigenvalue weighted by Gasteiger charge is 2.34. The first-order valence-corrected chi connectivity index (χ1v) is 6.28. The Bertz CT molecular complexity index is 549. The summed E-state index contributed by atoms with van der Waals surface area (Å²) in [4.78, 5) is 4.43. The molecule has 2 unspecified atom stereocenters. The highest BCUT2D eigenvalue weighted by molar-refractivity contribution is 5.79. The zero-order chi connectivity index (χ0) is 11.9. The van der Waals surface area contributed by atoms with Gasteiger partial charge in [-0.3, -0.25) is 4.98 Å². The van der Waals surface area contributed by atoms with E-state index >= 15 is 0 Å². The van der Waals surface area contributed by atoms with Crippen molar-refractivity contribution in [2.45, 2.75) is 37.6 Å². The second-order valence-electron chi connectivity index (χ2n) is 5.47. The van der Waals surface area contributed by atoms with E-state index < -0.39 is 0 Å². The zero-order valence-electron chi connectivity index (χ0n) is 10.2. The van der Waals surface area contributed by atoms with Gasteiger partial charge in [-0.05, 0) is 42.4 Å². The van der Waals surface area contributed by atoms with Crippen LogP contribution in [0.15, 0.2) is 36.5 Å². The number of hydrogen-bond donors (Lipinski definition) is 1. The number of rotatable bonds is 1. The Hall–Kier alpha value is -1.41. The van der Waals surface area contributed by atoms with Gasteiger partial charge >= 0.3 is 0 Å². The van der Waals surface area contributed by atoms with Gasteiger partial charge in [0, 0.05) is 17.6 Å². The smallest absolute Gasteiger partial charge is 0.0704 e. The predicted octanol–water partition coefficient (Wildman–Crippen LogP) is 3.00. The van der Waals surface area contributed by atoms with Gasteiger partial charge in [0.2, 0.25) is 0 Å². The van der Waals surface area contributed by atoms with Crippen LogP contribution in [0, 0.1) is 0 Å². The van der Waals surface area contributed by atoms with Gasteiger partial charge < -0.3 is 5.73 Å². The molecule has 1 fully saturated rings. The Kier molecular flexibility index (Phi) is 2.40. The molecular formula is C15H18N2. The van der Waals surface area contributed by atoms with E-state index in [1.54, 1.807) is 0 Å². The molecule has 2 heteroatoms. The molecule has 0 aliphatic heterocycles. The van der Waals surface area contributed by atoms with E-state index in [2.05, 4.69) is 36.2 Å². The molecule has 2 atom stereocenters. The predicted molar refractivity (Wildman–Crippen MR) is 70.9 cm³/mol. The van der Waals surface area contributed by atoms with Crippen LogP contribution < -0.4 is 5.73 Å². The molecule has 1 aromatic carbocycles.